The second-order valence-corrected chi connectivity index (χ2v) is 6.46. The topological polar surface area (TPSA) is 30.9 Å². The van der Waals surface area contributed by atoms with Gasteiger partial charge >= 0.3 is 0 Å². The van der Waals surface area contributed by atoms with Crippen LogP contribution in [0.25, 0.3) is 0 Å². The molecule has 0 radical (unpaired) electrons. The zero-order valence-electron chi connectivity index (χ0n) is 12.6. The van der Waals surface area contributed by atoms with E-state index in [9.17, 15) is 0 Å². The van der Waals surface area contributed by atoms with E-state index in [0.717, 1.165) is 38.4 Å². The fraction of sp³-hybridized carbons (Fsp3) is 0.625. The van der Waals surface area contributed by atoms with E-state index in [4.69, 9.17) is 25.8 Å². The van der Waals surface area contributed by atoms with Crippen LogP contribution in [0.5, 0.6) is 5.75 Å². The van der Waals surface area contributed by atoms with Crippen LogP contribution in [0.3, 0.4) is 0 Å². The highest BCUT2D eigenvalue weighted by atomic mass is 35.5. The lowest BCUT2D eigenvalue weighted by Crippen LogP contribution is -2.55. The molecule has 2 saturated heterocycles. The van der Waals surface area contributed by atoms with Gasteiger partial charge in [-0.15, -0.1) is 0 Å². The first-order valence-corrected chi connectivity index (χ1v) is 7.78. The van der Waals surface area contributed by atoms with Crippen molar-refractivity contribution in [3.05, 3.63) is 28.8 Å². The third-order valence-electron chi connectivity index (χ3n) is 4.17. The standard InChI is InChI=1S/C16H22ClNO3/c1-12-8-18(10-16(21-12)5-6-20-11-16)9-13-3-4-15(19-2)14(17)7-13/h3-4,7,12H,5-6,8-11H2,1-2H3/t12-,16+/m1/s1. The molecule has 2 aliphatic heterocycles. The van der Waals surface area contributed by atoms with Crippen LogP contribution in [0, 0.1) is 0 Å². The summed E-state index contributed by atoms with van der Waals surface area (Å²) in [4.78, 5) is 2.43. The molecule has 0 unspecified atom stereocenters. The van der Waals surface area contributed by atoms with Crippen LogP contribution in [-0.2, 0) is 16.0 Å². The van der Waals surface area contributed by atoms with Crippen molar-refractivity contribution in [2.45, 2.75) is 31.6 Å². The summed E-state index contributed by atoms with van der Waals surface area (Å²) in [5.41, 5.74) is 1.08. The van der Waals surface area contributed by atoms with Crippen LogP contribution < -0.4 is 4.74 Å². The molecule has 0 aromatic heterocycles. The van der Waals surface area contributed by atoms with Gasteiger partial charge in [-0.2, -0.15) is 0 Å². The maximum Gasteiger partial charge on any atom is 0.137 e. The summed E-state index contributed by atoms with van der Waals surface area (Å²) >= 11 is 6.21. The number of hydrogen-bond acceptors (Lipinski definition) is 4. The molecule has 2 atom stereocenters. The van der Waals surface area contributed by atoms with Crippen LogP contribution >= 0.6 is 11.6 Å². The summed E-state index contributed by atoms with van der Waals surface area (Å²) in [6.45, 7) is 6.37. The predicted octanol–water partition coefficient (Wildman–Crippen LogP) is 2.73. The van der Waals surface area contributed by atoms with Crippen LogP contribution in [-0.4, -0.2) is 50.0 Å². The molecule has 0 aliphatic carbocycles. The van der Waals surface area contributed by atoms with E-state index in [1.165, 1.54) is 5.56 Å². The lowest BCUT2D eigenvalue weighted by Gasteiger charge is -2.43. The van der Waals surface area contributed by atoms with Gasteiger partial charge in [-0.1, -0.05) is 17.7 Å². The molecule has 0 N–H and O–H groups in total. The van der Waals surface area contributed by atoms with E-state index in [0.29, 0.717) is 11.6 Å². The van der Waals surface area contributed by atoms with Crippen molar-refractivity contribution in [3.8, 4) is 5.75 Å². The summed E-state index contributed by atoms with van der Waals surface area (Å²) in [6.07, 6.45) is 1.21. The largest absolute Gasteiger partial charge is 0.495 e. The van der Waals surface area contributed by atoms with E-state index >= 15 is 0 Å². The Labute approximate surface area is 130 Å². The maximum atomic E-state index is 6.21. The summed E-state index contributed by atoms with van der Waals surface area (Å²) in [5, 5.41) is 0.662. The Hall–Kier alpha value is -0.810. The smallest absolute Gasteiger partial charge is 0.137 e. The van der Waals surface area contributed by atoms with Gasteiger partial charge in [0.25, 0.3) is 0 Å². The second-order valence-electron chi connectivity index (χ2n) is 6.05. The summed E-state index contributed by atoms with van der Waals surface area (Å²) < 4.78 is 16.9. The highest BCUT2D eigenvalue weighted by Crippen LogP contribution is 2.31. The molecule has 2 aliphatic rings. The monoisotopic (exact) mass is 311 g/mol. The van der Waals surface area contributed by atoms with Crippen molar-refractivity contribution >= 4 is 11.6 Å². The van der Waals surface area contributed by atoms with E-state index in [-0.39, 0.29) is 11.7 Å². The van der Waals surface area contributed by atoms with Gasteiger partial charge in [0.1, 0.15) is 11.4 Å². The summed E-state index contributed by atoms with van der Waals surface area (Å²) in [7, 11) is 1.63. The number of hydrogen-bond donors (Lipinski definition) is 0. The third-order valence-corrected chi connectivity index (χ3v) is 4.46. The molecule has 1 aromatic carbocycles. The van der Waals surface area contributed by atoms with Crippen molar-refractivity contribution < 1.29 is 14.2 Å². The maximum absolute atomic E-state index is 6.21. The molecule has 1 aromatic rings. The van der Waals surface area contributed by atoms with Gasteiger partial charge in [0.15, 0.2) is 0 Å². The lowest BCUT2D eigenvalue weighted by atomic mass is 9.99. The van der Waals surface area contributed by atoms with Crippen molar-refractivity contribution in [3.63, 3.8) is 0 Å². The Kier molecular flexibility index (Phi) is 4.41. The van der Waals surface area contributed by atoms with E-state index in [1.807, 2.05) is 12.1 Å². The van der Waals surface area contributed by atoms with Gasteiger partial charge in [-0.25, -0.2) is 0 Å². The minimum atomic E-state index is -0.117. The van der Waals surface area contributed by atoms with Crippen molar-refractivity contribution in [2.75, 3.05) is 33.4 Å². The molecule has 0 saturated carbocycles. The number of nitrogens with zero attached hydrogens (tertiary/aromatic N) is 1. The molecular weight excluding hydrogens is 290 g/mol. The van der Waals surface area contributed by atoms with E-state index in [1.54, 1.807) is 7.11 Å². The van der Waals surface area contributed by atoms with Gasteiger partial charge in [-0.05, 0) is 24.6 Å². The molecule has 2 heterocycles. The fourth-order valence-electron chi connectivity index (χ4n) is 3.33. The number of ether oxygens (including phenoxy) is 3. The highest BCUT2D eigenvalue weighted by molar-refractivity contribution is 6.32. The van der Waals surface area contributed by atoms with Crippen LogP contribution in [0.4, 0.5) is 0 Å². The van der Waals surface area contributed by atoms with Crippen LogP contribution in [0.15, 0.2) is 18.2 Å². The Balaban J connectivity index is 1.70. The minimum absolute atomic E-state index is 0.117. The minimum Gasteiger partial charge on any atom is -0.495 e. The molecule has 21 heavy (non-hydrogen) atoms. The van der Waals surface area contributed by atoms with E-state index in [2.05, 4.69) is 17.9 Å². The normalized spacial score (nSPS) is 30.0. The number of rotatable bonds is 3. The SMILES string of the molecule is COc1ccc(CN2C[C@@H](C)O[C@@]3(CCOC3)C2)cc1Cl. The molecule has 0 amide bonds. The molecule has 3 rings (SSSR count). The fourth-order valence-corrected chi connectivity index (χ4v) is 3.61. The Morgan fingerprint density at radius 2 is 2.33 bits per heavy atom. The predicted molar refractivity (Wildman–Crippen MR) is 82.0 cm³/mol. The molecule has 5 heteroatoms. The van der Waals surface area contributed by atoms with Gasteiger partial charge < -0.3 is 14.2 Å². The lowest BCUT2D eigenvalue weighted by molar-refractivity contribution is -0.149. The Morgan fingerprint density at radius 1 is 1.48 bits per heavy atom. The quantitative estimate of drug-likeness (QED) is 0.859. The van der Waals surface area contributed by atoms with Gasteiger partial charge in [0.05, 0.1) is 24.8 Å². The molecule has 0 bridgehead atoms. The highest BCUT2D eigenvalue weighted by Gasteiger charge is 2.42. The summed E-state index contributed by atoms with van der Waals surface area (Å²) in [6, 6.07) is 5.98. The van der Waals surface area contributed by atoms with Crippen molar-refractivity contribution in [1.29, 1.82) is 0 Å². The average molecular weight is 312 g/mol. The zero-order chi connectivity index (χ0) is 14.9. The molecule has 2 fully saturated rings. The van der Waals surface area contributed by atoms with Gasteiger partial charge in [0, 0.05) is 32.7 Å². The first-order chi connectivity index (χ1) is 10.1. The zero-order valence-corrected chi connectivity index (χ0v) is 13.4. The molecule has 4 nitrogen and oxygen atoms in total. The second kappa shape index (κ2) is 6.13. The number of benzene rings is 1. The van der Waals surface area contributed by atoms with Crippen molar-refractivity contribution in [1.82, 2.24) is 4.90 Å². The first kappa shape index (κ1) is 15.1. The molecule has 1 spiro atoms. The number of methoxy groups -OCH3 is 1. The van der Waals surface area contributed by atoms with Crippen molar-refractivity contribution in [2.24, 2.45) is 0 Å². The average Bonchev–Trinajstić information content (AvgIpc) is 2.85. The third kappa shape index (κ3) is 3.34. The Morgan fingerprint density at radius 3 is 3.00 bits per heavy atom. The van der Waals surface area contributed by atoms with Gasteiger partial charge in [-0.3, -0.25) is 4.90 Å². The van der Waals surface area contributed by atoms with Crippen LogP contribution in [0.2, 0.25) is 5.02 Å². The van der Waals surface area contributed by atoms with E-state index < -0.39 is 0 Å². The number of halogens is 1. The van der Waals surface area contributed by atoms with Gasteiger partial charge in [0.2, 0.25) is 0 Å². The molecule has 116 valence electrons. The van der Waals surface area contributed by atoms with Crippen LogP contribution in [0.1, 0.15) is 18.9 Å². The molecular formula is C16H22ClNO3. The number of morpholine rings is 1. The Bertz CT molecular complexity index is 502. The summed E-state index contributed by atoms with van der Waals surface area (Å²) in [5.74, 6) is 0.719. The first-order valence-electron chi connectivity index (χ1n) is 7.41.